The first-order valence-electron chi connectivity index (χ1n) is 24.0. The predicted octanol–water partition coefficient (Wildman–Crippen LogP) is 8.99. The quantitative estimate of drug-likeness (QED) is 0.0229. The second kappa shape index (κ2) is 36.9. The minimum Gasteiger partial charge on any atom is -0.421 e. The molecule has 0 heterocycles. The highest BCUT2D eigenvalue weighted by molar-refractivity contribution is 7.80. The summed E-state index contributed by atoms with van der Waals surface area (Å²) >= 11 is 4.59. The molecule has 0 amide bonds. The molecule has 0 bridgehead atoms. The average molecular weight is 916 g/mol. The van der Waals surface area contributed by atoms with E-state index in [-0.39, 0.29) is 61.9 Å². The number of rotatable bonds is 44. The molecule has 4 N–H and O–H groups in total. The standard InChI is InChI=1S/C45H98O10SSi3/c1-10-12-14-16-18-20-25-58(9,53-36-42(6)31-48)52-35-39(3)22-27-59(26-21-24-56,54-37-43(7)32-49)55-38-44(8)33-50-45(28-40(4)29-46,23-19-17-15-13-11-2)57-51-34-41(5)30-47/h39-44,46-49,56H,10-38,57H2,1-9H3. The SMILES string of the molecule is CCCCCCCC[Si](C)(OCC(C)CO)OCC(C)CC[Si](CCCS)(OCC(C)CO)OCC(C)COC(CCCCCCC)(CC(C)CO)[SiH2]OCC(C)CO. The Morgan fingerprint density at radius 1 is 0.525 bits per heavy atom. The minimum absolute atomic E-state index is 0.0140. The number of thiol groups is 1. The lowest BCUT2D eigenvalue weighted by Crippen LogP contribution is -2.47. The Bertz CT molecular complexity index is 950. The first-order valence-corrected chi connectivity index (χ1v) is 30.7. The van der Waals surface area contributed by atoms with E-state index in [0.29, 0.717) is 39.6 Å². The van der Waals surface area contributed by atoms with Crippen molar-refractivity contribution in [1.29, 1.82) is 0 Å². The van der Waals surface area contributed by atoms with Crippen molar-refractivity contribution >= 4 is 39.5 Å². The Kier molecular flexibility index (Phi) is 37.3. The fourth-order valence-corrected chi connectivity index (χ4v) is 15.9. The number of unbranched alkanes of at least 4 members (excludes halogenated alkanes) is 9. The molecule has 0 aliphatic carbocycles. The maximum Gasteiger partial charge on any atom is 0.338 e. The summed E-state index contributed by atoms with van der Waals surface area (Å²) in [6, 6.07) is 2.63. The lowest BCUT2D eigenvalue weighted by atomic mass is 9.98. The molecule has 0 aliphatic heterocycles. The van der Waals surface area contributed by atoms with Crippen LogP contribution in [0, 0.1) is 35.5 Å². The van der Waals surface area contributed by atoms with E-state index in [2.05, 4.69) is 53.8 Å². The summed E-state index contributed by atoms with van der Waals surface area (Å²) in [5.41, 5.74) is 0. The van der Waals surface area contributed by atoms with Crippen LogP contribution in [-0.4, -0.2) is 124 Å². The van der Waals surface area contributed by atoms with Gasteiger partial charge in [-0.05, 0) is 68.0 Å². The minimum atomic E-state index is -2.74. The maximum absolute atomic E-state index is 10.1. The molecule has 0 rings (SSSR count). The predicted molar refractivity (Wildman–Crippen MR) is 257 cm³/mol. The van der Waals surface area contributed by atoms with Gasteiger partial charge in [0, 0.05) is 83.1 Å². The molecule has 0 saturated heterocycles. The second-order valence-corrected chi connectivity index (χ2v) is 28.1. The second-order valence-electron chi connectivity index (χ2n) is 18.9. The van der Waals surface area contributed by atoms with Crippen molar-refractivity contribution in [2.45, 2.75) is 182 Å². The summed E-state index contributed by atoms with van der Waals surface area (Å²) < 4.78 is 40.4. The van der Waals surface area contributed by atoms with Crippen molar-refractivity contribution in [2.75, 3.05) is 71.8 Å². The van der Waals surface area contributed by atoms with Crippen molar-refractivity contribution in [3.8, 4) is 0 Å². The zero-order chi connectivity index (χ0) is 44.4. The molecule has 0 spiro atoms. The van der Waals surface area contributed by atoms with Crippen LogP contribution in [0.3, 0.4) is 0 Å². The highest BCUT2D eigenvalue weighted by Crippen LogP contribution is 2.31. The monoisotopic (exact) mass is 915 g/mol. The van der Waals surface area contributed by atoms with E-state index in [1.165, 1.54) is 51.4 Å². The van der Waals surface area contributed by atoms with Crippen LogP contribution >= 0.6 is 12.6 Å². The molecular weight excluding hydrogens is 817 g/mol. The number of hydrogen-bond donors (Lipinski definition) is 5. The van der Waals surface area contributed by atoms with Gasteiger partial charge >= 0.3 is 17.1 Å². The van der Waals surface area contributed by atoms with Crippen LogP contribution in [-0.2, 0) is 26.9 Å². The van der Waals surface area contributed by atoms with E-state index < -0.39 is 32.1 Å². The first kappa shape index (κ1) is 59.6. The zero-order valence-corrected chi connectivity index (χ0v) is 44.2. The van der Waals surface area contributed by atoms with Crippen LogP contribution in [0.5, 0.6) is 0 Å². The van der Waals surface area contributed by atoms with Gasteiger partial charge in [0.05, 0.1) is 11.8 Å². The Hall–Kier alpha value is 0.601. The van der Waals surface area contributed by atoms with Crippen LogP contribution in [0.2, 0.25) is 24.7 Å². The van der Waals surface area contributed by atoms with E-state index in [9.17, 15) is 20.4 Å². The molecular formula is C45H98O10SSi3. The molecule has 9 unspecified atom stereocenters. The van der Waals surface area contributed by atoms with Gasteiger partial charge in [-0.15, -0.1) is 0 Å². The summed E-state index contributed by atoms with van der Waals surface area (Å²) in [4.78, 5) is 0. The van der Waals surface area contributed by atoms with Gasteiger partial charge in [0.15, 0.2) is 9.76 Å². The van der Waals surface area contributed by atoms with Gasteiger partial charge in [-0.3, -0.25) is 0 Å². The van der Waals surface area contributed by atoms with Crippen LogP contribution in [0.4, 0.5) is 0 Å². The first-order chi connectivity index (χ1) is 28.2. The average Bonchev–Trinajstić information content (AvgIpc) is 3.24. The van der Waals surface area contributed by atoms with Crippen LogP contribution in [0.25, 0.3) is 0 Å². The lowest BCUT2D eigenvalue weighted by molar-refractivity contribution is -0.0437. The number of ether oxygens (including phenoxy) is 1. The highest BCUT2D eigenvalue weighted by atomic mass is 32.1. The third-order valence-electron chi connectivity index (χ3n) is 11.5. The summed E-state index contributed by atoms with van der Waals surface area (Å²) in [5.74, 6) is 1.42. The van der Waals surface area contributed by atoms with E-state index >= 15 is 0 Å². The molecule has 0 aromatic heterocycles. The molecule has 10 nitrogen and oxygen atoms in total. The van der Waals surface area contributed by atoms with Crippen LogP contribution in [0.1, 0.15) is 152 Å². The van der Waals surface area contributed by atoms with Gasteiger partial charge in [0.2, 0.25) is 0 Å². The van der Waals surface area contributed by atoms with Crippen molar-refractivity contribution < 1.29 is 47.3 Å². The number of aliphatic hydroxyl groups is 4. The number of aliphatic hydroxyl groups excluding tert-OH is 4. The molecule has 0 radical (unpaired) electrons. The van der Waals surface area contributed by atoms with Crippen LogP contribution < -0.4 is 0 Å². The van der Waals surface area contributed by atoms with Gasteiger partial charge in [-0.25, -0.2) is 0 Å². The Labute approximate surface area is 374 Å². The summed E-state index contributed by atoms with van der Waals surface area (Å²) in [6.07, 6.45) is 16.8. The maximum atomic E-state index is 10.1. The van der Waals surface area contributed by atoms with Gasteiger partial charge in [-0.2, -0.15) is 12.6 Å². The third kappa shape index (κ3) is 30.4. The van der Waals surface area contributed by atoms with Crippen molar-refractivity contribution in [2.24, 2.45) is 35.5 Å². The Morgan fingerprint density at radius 3 is 1.58 bits per heavy atom. The fourth-order valence-electron chi connectivity index (χ4n) is 7.12. The van der Waals surface area contributed by atoms with Crippen molar-refractivity contribution in [3.63, 3.8) is 0 Å². The Balaban J connectivity index is 5.99. The molecule has 356 valence electrons. The summed E-state index contributed by atoms with van der Waals surface area (Å²) in [7, 11) is -6.33. The molecule has 59 heavy (non-hydrogen) atoms. The van der Waals surface area contributed by atoms with Gasteiger partial charge in [0.25, 0.3) is 0 Å². The van der Waals surface area contributed by atoms with E-state index in [4.69, 9.17) is 26.9 Å². The normalized spacial score (nSPS) is 18.6. The van der Waals surface area contributed by atoms with Crippen molar-refractivity contribution in [1.82, 2.24) is 0 Å². The van der Waals surface area contributed by atoms with Crippen LogP contribution in [0.15, 0.2) is 0 Å². The van der Waals surface area contributed by atoms with E-state index in [1.54, 1.807) is 0 Å². The molecule has 14 heteroatoms. The molecule has 0 aromatic rings. The molecule has 0 aromatic carbocycles. The summed E-state index contributed by atoms with van der Waals surface area (Å²) in [6.45, 7) is 22.8. The topological polar surface area (TPSA) is 136 Å². The molecule has 9 atom stereocenters. The molecule has 0 saturated carbocycles. The largest absolute Gasteiger partial charge is 0.421 e. The smallest absolute Gasteiger partial charge is 0.338 e. The molecule has 0 aliphatic rings. The number of hydrogen-bond acceptors (Lipinski definition) is 11. The van der Waals surface area contributed by atoms with Gasteiger partial charge < -0.3 is 47.3 Å². The van der Waals surface area contributed by atoms with Gasteiger partial charge in [0.1, 0.15) is 0 Å². The highest BCUT2D eigenvalue weighted by Gasteiger charge is 2.40. The lowest BCUT2D eigenvalue weighted by Gasteiger charge is -2.37. The van der Waals surface area contributed by atoms with E-state index in [1.807, 2.05) is 20.8 Å². The van der Waals surface area contributed by atoms with Crippen molar-refractivity contribution in [3.05, 3.63) is 0 Å². The van der Waals surface area contributed by atoms with E-state index in [0.717, 1.165) is 68.8 Å². The summed E-state index contributed by atoms with van der Waals surface area (Å²) in [5, 5.41) is 39.0. The van der Waals surface area contributed by atoms with Gasteiger partial charge in [-0.1, -0.05) is 126 Å². The Morgan fingerprint density at radius 2 is 1.02 bits per heavy atom. The fraction of sp³-hybridized carbons (Fsp3) is 1.00. The molecule has 0 fully saturated rings. The zero-order valence-electron chi connectivity index (χ0n) is 39.9. The third-order valence-corrected chi connectivity index (χ3v) is 20.0.